The maximum atomic E-state index is 12.8. The maximum Gasteiger partial charge on any atom is 0.168 e. The number of benzene rings is 1. The number of aromatic nitrogens is 1. The van der Waals surface area contributed by atoms with Crippen LogP contribution in [0.5, 0.6) is 5.75 Å². The van der Waals surface area contributed by atoms with E-state index in [9.17, 15) is 9.18 Å². The lowest BCUT2D eigenvalue weighted by Crippen LogP contribution is -1.97. The van der Waals surface area contributed by atoms with Crippen LogP contribution in [0.4, 0.5) is 4.39 Å². The smallest absolute Gasteiger partial charge is 0.168 e. The maximum absolute atomic E-state index is 12.8. The van der Waals surface area contributed by atoms with Crippen LogP contribution in [0.15, 0.2) is 36.5 Å². The first kappa shape index (κ1) is 12.5. The molecule has 0 radical (unpaired) electrons. The minimum atomic E-state index is -0.388. The van der Waals surface area contributed by atoms with Gasteiger partial charge < -0.3 is 4.74 Å². The zero-order valence-electron chi connectivity index (χ0n) is 9.27. The zero-order valence-corrected chi connectivity index (χ0v) is 10.0. The van der Waals surface area contributed by atoms with E-state index in [1.54, 1.807) is 18.2 Å². The Morgan fingerprint density at radius 1 is 1.33 bits per heavy atom. The van der Waals surface area contributed by atoms with E-state index in [2.05, 4.69) is 4.98 Å². The summed E-state index contributed by atoms with van der Waals surface area (Å²) in [6.45, 7) is 0.210. The van der Waals surface area contributed by atoms with Gasteiger partial charge in [-0.05, 0) is 24.3 Å². The average Bonchev–Trinajstić information content (AvgIpc) is 2.38. The van der Waals surface area contributed by atoms with Gasteiger partial charge >= 0.3 is 0 Å². The predicted molar refractivity (Wildman–Crippen MR) is 65.4 cm³/mol. The van der Waals surface area contributed by atoms with Gasteiger partial charge in [0.05, 0.1) is 11.2 Å². The van der Waals surface area contributed by atoms with E-state index in [-0.39, 0.29) is 12.4 Å². The van der Waals surface area contributed by atoms with E-state index in [0.29, 0.717) is 28.3 Å². The summed E-state index contributed by atoms with van der Waals surface area (Å²) in [7, 11) is 0. The third-order valence-electron chi connectivity index (χ3n) is 2.29. The fraction of sp³-hybridized carbons (Fsp3) is 0.0769. The van der Waals surface area contributed by atoms with Gasteiger partial charge in [0, 0.05) is 5.56 Å². The molecule has 0 fully saturated rings. The van der Waals surface area contributed by atoms with Crippen LogP contribution in [0.2, 0.25) is 5.02 Å². The monoisotopic (exact) mass is 265 g/mol. The number of nitrogens with zero attached hydrogens (tertiary/aromatic N) is 1. The predicted octanol–water partition coefficient (Wildman–Crippen LogP) is 3.27. The first-order valence-electron chi connectivity index (χ1n) is 5.17. The molecule has 0 saturated carbocycles. The van der Waals surface area contributed by atoms with Crippen LogP contribution in [0.25, 0.3) is 0 Å². The minimum absolute atomic E-state index is 0.210. The summed E-state index contributed by atoms with van der Waals surface area (Å²) in [4.78, 5) is 14.3. The lowest BCUT2D eigenvalue weighted by molar-refractivity contribution is 0.111. The van der Waals surface area contributed by atoms with Gasteiger partial charge in [-0.1, -0.05) is 17.7 Å². The highest BCUT2D eigenvalue weighted by molar-refractivity contribution is 6.31. The molecule has 2 rings (SSSR count). The lowest BCUT2D eigenvalue weighted by Gasteiger charge is -2.07. The van der Waals surface area contributed by atoms with Gasteiger partial charge in [0.15, 0.2) is 6.29 Å². The van der Waals surface area contributed by atoms with Gasteiger partial charge in [-0.15, -0.1) is 0 Å². The van der Waals surface area contributed by atoms with E-state index in [0.717, 1.165) is 0 Å². The molecule has 2 aromatic rings. The Labute approximate surface area is 108 Å². The van der Waals surface area contributed by atoms with Crippen molar-refractivity contribution in [3.63, 3.8) is 0 Å². The molecular weight excluding hydrogens is 257 g/mol. The number of hydrogen-bond acceptors (Lipinski definition) is 3. The number of carbonyl (C=O) groups is 1. The van der Waals surface area contributed by atoms with Crippen LogP contribution < -0.4 is 4.74 Å². The van der Waals surface area contributed by atoms with Crippen molar-refractivity contribution in [3.05, 3.63) is 58.6 Å². The number of carbonyl (C=O) groups excluding carboxylic acids is 1. The van der Waals surface area contributed by atoms with Gasteiger partial charge in [0.2, 0.25) is 0 Å². The number of ether oxygens (including phenoxy) is 1. The minimum Gasteiger partial charge on any atom is -0.487 e. The number of rotatable bonds is 4. The molecule has 92 valence electrons. The second-order valence-electron chi connectivity index (χ2n) is 3.56. The number of halogens is 2. The van der Waals surface area contributed by atoms with Crippen LogP contribution >= 0.6 is 11.6 Å². The molecule has 0 aliphatic rings. The Morgan fingerprint density at radius 3 is 2.78 bits per heavy atom. The topological polar surface area (TPSA) is 39.2 Å². The molecule has 1 aromatic heterocycles. The van der Waals surface area contributed by atoms with Crippen molar-refractivity contribution >= 4 is 17.9 Å². The van der Waals surface area contributed by atoms with Crippen molar-refractivity contribution in [2.24, 2.45) is 0 Å². The molecule has 0 saturated heterocycles. The second kappa shape index (κ2) is 5.60. The van der Waals surface area contributed by atoms with Gasteiger partial charge in [0.1, 0.15) is 23.9 Å². The molecule has 0 spiro atoms. The fourth-order valence-corrected chi connectivity index (χ4v) is 1.57. The Kier molecular flexibility index (Phi) is 3.89. The second-order valence-corrected chi connectivity index (χ2v) is 3.97. The summed E-state index contributed by atoms with van der Waals surface area (Å²) < 4.78 is 18.3. The summed E-state index contributed by atoms with van der Waals surface area (Å²) in [5, 5.41) is 0.312. The molecule has 1 aromatic carbocycles. The highest BCUT2D eigenvalue weighted by Gasteiger charge is 2.03. The van der Waals surface area contributed by atoms with Crippen molar-refractivity contribution in [2.45, 2.75) is 6.61 Å². The van der Waals surface area contributed by atoms with Gasteiger partial charge in [-0.2, -0.15) is 0 Å². The molecule has 18 heavy (non-hydrogen) atoms. The van der Waals surface area contributed by atoms with Gasteiger partial charge in [0.25, 0.3) is 0 Å². The van der Waals surface area contributed by atoms with E-state index in [1.165, 1.54) is 18.3 Å². The van der Waals surface area contributed by atoms with Gasteiger partial charge in [-0.25, -0.2) is 9.37 Å². The molecule has 0 atom stereocenters. The Balaban J connectivity index is 2.04. The summed E-state index contributed by atoms with van der Waals surface area (Å²) in [5.41, 5.74) is 1.01. The summed E-state index contributed by atoms with van der Waals surface area (Å²) in [6, 6.07) is 7.29. The van der Waals surface area contributed by atoms with Crippen molar-refractivity contribution in [2.75, 3.05) is 0 Å². The summed E-state index contributed by atoms with van der Waals surface area (Å²) >= 11 is 5.86. The molecule has 0 aliphatic heterocycles. The van der Waals surface area contributed by atoms with Crippen LogP contribution in [-0.4, -0.2) is 11.3 Å². The highest BCUT2D eigenvalue weighted by atomic mass is 35.5. The molecule has 5 heteroatoms. The van der Waals surface area contributed by atoms with Crippen LogP contribution in [0, 0.1) is 5.82 Å². The molecule has 3 nitrogen and oxygen atoms in total. The molecular formula is C13H9ClFNO2. The van der Waals surface area contributed by atoms with Crippen LogP contribution in [-0.2, 0) is 6.61 Å². The SMILES string of the molecule is O=Cc1ccc(OCc2ccc(F)cc2Cl)cn1. The van der Waals surface area contributed by atoms with E-state index in [1.807, 2.05) is 0 Å². The first-order chi connectivity index (χ1) is 8.69. The Hall–Kier alpha value is -1.94. The Morgan fingerprint density at radius 2 is 2.17 bits per heavy atom. The standard InChI is InChI=1S/C13H9ClFNO2/c14-13-5-10(15)2-1-9(13)8-18-12-4-3-11(7-17)16-6-12/h1-7H,8H2. The van der Waals surface area contributed by atoms with Gasteiger partial charge in [-0.3, -0.25) is 4.79 Å². The molecule has 0 bridgehead atoms. The van der Waals surface area contributed by atoms with Crippen molar-refractivity contribution in [3.8, 4) is 5.75 Å². The van der Waals surface area contributed by atoms with Crippen molar-refractivity contribution < 1.29 is 13.9 Å². The third kappa shape index (κ3) is 3.05. The van der Waals surface area contributed by atoms with E-state index >= 15 is 0 Å². The summed E-state index contributed by atoms with van der Waals surface area (Å²) in [6.07, 6.45) is 2.10. The van der Waals surface area contributed by atoms with E-state index in [4.69, 9.17) is 16.3 Å². The molecule has 0 unspecified atom stereocenters. The molecule has 0 amide bonds. The normalized spacial score (nSPS) is 10.1. The Bertz CT molecular complexity index is 557. The number of hydrogen-bond donors (Lipinski definition) is 0. The van der Waals surface area contributed by atoms with E-state index < -0.39 is 0 Å². The largest absolute Gasteiger partial charge is 0.487 e. The van der Waals surface area contributed by atoms with Crippen LogP contribution in [0.3, 0.4) is 0 Å². The lowest BCUT2D eigenvalue weighted by atomic mass is 10.2. The quantitative estimate of drug-likeness (QED) is 0.797. The van der Waals surface area contributed by atoms with Crippen molar-refractivity contribution in [1.29, 1.82) is 0 Å². The first-order valence-corrected chi connectivity index (χ1v) is 5.55. The number of pyridine rings is 1. The third-order valence-corrected chi connectivity index (χ3v) is 2.64. The zero-order chi connectivity index (χ0) is 13.0. The van der Waals surface area contributed by atoms with Crippen LogP contribution in [0.1, 0.15) is 16.1 Å². The average molecular weight is 266 g/mol. The van der Waals surface area contributed by atoms with Crippen molar-refractivity contribution in [1.82, 2.24) is 4.98 Å². The fourth-order valence-electron chi connectivity index (χ4n) is 1.35. The number of aldehydes is 1. The molecule has 0 N–H and O–H groups in total. The molecule has 0 aliphatic carbocycles. The highest BCUT2D eigenvalue weighted by Crippen LogP contribution is 2.19. The molecule has 1 heterocycles. The summed E-state index contributed by atoms with van der Waals surface area (Å²) in [5.74, 6) is 0.127.